The van der Waals surface area contributed by atoms with Crippen molar-refractivity contribution in [3.05, 3.63) is 58.9 Å². The molecule has 0 aliphatic carbocycles. The highest BCUT2D eigenvalue weighted by Gasteiger charge is 2.25. The van der Waals surface area contributed by atoms with E-state index in [9.17, 15) is 4.79 Å². The fraction of sp³-hybridized carbons (Fsp3) is 0.450. The minimum Gasteiger partial charge on any atom is -0.385 e. The van der Waals surface area contributed by atoms with Crippen molar-refractivity contribution < 1.29 is 9.53 Å². The Morgan fingerprint density at radius 3 is 2.67 bits per heavy atom. The summed E-state index contributed by atoms with van der Waals surface area (Å²) in [5.74, 6) is 0.535. The molecule has 0 N–H and O–H groups in total. The third kappa shape index (κ3) is 3.70. The van der Waals surface area contributed by atoms with Crippen molar-refractivity contribution in [3.63, 3.8) is 0 Å². The van der Waals surface area contributed by atoms with Gasteiger partial charge in [-0.15, -0.1) is 0 Å². The molecule has 2 aromatic rings. The molecule has 0 saturated carbocycles. The van der Waals surface area contributed by atoms with Crippen LogP contribution >= 0.6 is 0 Å². The molecular formula is C20H26N2O2. The van der Waals surface area contributed by atoms with Crippen LogP contribution in [-0.2, 0) is 17.8 Å². The second kappa shape index (κ2) is 7.22. The number of methoxy groups -OCH3 is 1. The van der Waals surface area contributed by atoms with Crippen molar-refractivity contribution in [1.82, 2.24) is 9.47 Å². The molecule has 4 heteroatoms. The maximum absolute atomic E-state index is 13.1. The van der Waals surface area contributed by atoms with Crippen molar-refractivity contribution in [2.24, 2.45) is 5.92 Å². The van der Waals surface area contributed by atoms with Crippen LogP contribution < -0.4 is 0 Å². The Balaban J connectivity index is 1.86. The van der Waals surface area contributed by atoms with Gasteiger partial charge < -0.3 is 14.2 Å². The summed E-state index contributed by atoms with van der Waals surface area (Å²) < 4.78 is 7.53. The number of rotatable bonds is 4. The van der Waals surface area contributed by atoms with E-state index in [1.54, 1.807) is 7.11 Å². The number of aromatic nitrogens is 1. The third-order valence-electron chi connectivity index (χ3n) is 4.70. The van der Waals surface area contributed by atoms with Crippen molar-refractivity contribution >= 4 is 5.91 Å². The van der Waals surface area contributed by atoms with Crippen LogP contribution in [0.2, 0.25) is 0 Å². The van der Waals surface area contributed by atoms with E-state index in [4.69, 9.17) is 4.74 Å². The number of carbonyl (C=O) groups is 1. The molecule has 0 radical (unpaired) electrons. The summed E-state index contributed by atoms with van der Waals surface area (Å²) in [6.45, 7) is 7.20. The molecule has 1 aromatic heterocycles. The maximum Gasteiger partial charge on any atom is 0.254 e. The number of ether oxygens (including phenoxy) is 1. The van der Waals surface area contributed by atoms with Crippen LogP contribution in [0.15, 0.2) is 36.5 Å². The molecule has 3 rings (SSSR count). The third-order valence-corrected chi connectivity index (χ3v) is 4.70. The zero-order chi connectivity index (χ0) is 17.1. The van der Waals surface area contributed by atoms with Crippen molar-refractivity contribution in [2.75, 3.05) is 20.3 Å². The fourth-order valence-corrected chi connectivity index (χ4v) is 3.58. The number of benzene rings is 1. The van der Waals surface area contributed by atoms with Gasteiger partial charge >= 0.3 is 0 Å². The minimum atomic E-state index is 0.124. The van der Waals surface area contributed by atoms with Crippen LogP contribution in [0.4, 0.5) is 0 Å². The van der Waals surface area contributed by atoms with Crippen LogP contribution in [0.25, 0.3) is 0 Å². The standard InChI is InChI=1S/C20H26N2O2/c1-15-9-16(2)11-18(10-15)20(23)22-13-17(6-8-24-3)12-21-7-4-5-19(21)14-22/h4-5,7,9-11,17H,6,8,12-14H2,1-3H3/t17-/m0/s1. The Hall–Kier alpha value is -2.07. The number of hydrogen-bond acceptors (Lipinski definition) is 2. The molecule has 1 aliphatic rings. The molecule has 0 unspecified atom stereocenters. The zero-order valence-corrected chi connectivity index (χ0v) is 14.8. The van der Waals surface area contributed by atoms with Gasteiger partial charge in [0, 0.05) is 44.3 Å². The smallest absolute Gasteiger partial charge is 0.254 e. The molecule has 2 heterocycles. The van der Waals surface area contributed by atoms with Gasteiger partial charge in [-0.3, -0.25) is 4.79 Å². The summed E-state index contributed by atoms with van der Waals surface area (Å²) in [5.41, 5.74) is 4.26. The van der Waals surface area contributed by atoms with Crippen molar-refractivity contribution in [3.8, 4) is 0 Å². The molecule has 0 bridgehead atoms. The molecule has 1 aromatic carbocycles. The summed E-state index contributed by atoms with van der Waals surface area (Å²) in [4.78, 5) is 15.1. The highest BCUT2D eigenvalue weighted by molar-refractivity contribution is 5.94. The Bertz CT molecular complexity index is 700. The van der Waals surface area contributed by atoms with E-state index in [0.29, 0.717) is 12.5 Å². The van der Waals surface area contributed by atoms with E-state index >= 15 is 0 Å². The second-order valence-corrected chi connectivity index (χ2v) is 6.86. The van der Waals surface area contributed by atoms with Crippen LogP contribution in [-0.4, -0.2) is 35.6 Å². The number of fused-ring (bicyclic) bond motifs is 1. The quantitative estimate of drug-likeness (QED) is 0.863. The lowest BCUT2D eigenvalue weighted by Gasteiger charge is -2.24. The Kier molecular flexibility index (Phi) is 5.05. The topological polar surface area (TPSA) is 34.5 Å². The van der Waals surface area contributed by atoms with Gasteiger partial charge in [-0.2, -0.15) is 0 Å². The van der Waals surface area contributed by atoms with Crippen LogP contribution in [0, 0.1) is 19.8 Å². The van der Waals surface area contributed by atoms with Gasteiger partial charge in [0.1, 0.15) is 0 Å². The van der Waals surface area contributed by atoms with Crippen molar-refractivity contribution in [2.45, 2.75) is 33.4 Å². The number of hydrogen-bond donors (Lipinski definition) is 0. The lowest BCUT2D eigenvalue weighted by molar-refractivity contribution is 0.0705. The van der Waals surface area contributed by atoms with Crippen molar-refractivity contribution in [1.29, 1.82) is 0 Å². The van der Waals surface area contributed by atoms with Gasteiger partial charge in [0.2, 0.25) is 0 Å². The van der Waals surface area contributed by atoms with E-state index in [1.165, 1.54) is 5.69 Å². The summed E-state index contributed by atoms with van der Waals surface area (Å²) >= 11 is 0. The highest BCUT2D eigenvalue weighted by Crippen LogP contribution is 2.22. The number of aryl methyl sites for hydroxylation is 2. The fourth-order valence-electron chi connectivity index (χ4n) is 3.58. The first-order valence-electron chi connectivity index (χ1n) is 8.57. The predicted octanol–water partition coefficient (Wildman–Crippen LogP) is 3.41. The zero-order valence-electron chi connectivity index (χ0n) is 14.8. The lowest BCUT2D eigenvalue weighted by Crippen LogP contribution is -2.34. The van der Waals surface area contributed by atoms with Crippen LogP contribution in [0.3, 0.4) is 0 Å². The Morgan fingerprint density at radius 1 is 1.21 bits per heavy atom. The summed E-state index contributed by atoms with van der Waals surface area (Å²) in [6, 6.07) is 10.3. The summed E-state index contributed by atoms with van der Waals surface area (Å²) in [7, 11) is 1.73. The first kappa shape index (κ1) is 16.8. The molecule has 0 spiro atoms. The number of nitrogens with zero attached hydrogens (tertiary/aromatic N) is 2. The molecule has 128 valence electrons. The maximum atomic E-state index is 13.1. The molecule has 1 atom stereocenters. The number of carbonyl (C=O) groups excluding carboxylic acids is 1. The van der Waals surface area contributed by atoms with Gasteiger partial charge in [0.25, 0.3) is 5.91 Å². The van der Waals surface area contributed by atoms with E-state index < -0.39 is 0 Å². The van der Waals surface area contributed by atoms with Gasteiger partial charge in [-0.1, -0.05) is 17.2 Å². The summed E-state index contributed by atoms with van der Waals surface area (Å²) in [5, 5.41) is 0. The summed E-state index contributed by atoms with van der Waals surface area (Å²) in [6.07, 6.45) is 3.07. The number of amides is 1. The molecule has 0 fully saturated rings. The van der Waals surface area contributed by atoms with E-state index in [2.05, 4.69) is 29.0 Å². The van der Waals surface area contributed by atoms with Gasteiger partial charge in [-0.05, 0) is 50.5 Å². The average molecular weight is 326 g/mol. The van der Waals surface area contributed by atoms with Gasteiger partial charge in [0.15, 0.2) is 0 Å². The second-order valence-electron chi connectivity index (χ2n) is 6.86. The Morgan fingerprint density at radius 2 is 1.96 bits per heavy atom. The first-order valence-corrected chi connectivity index (χ1v) is 8.57. The highest BCUT2D eigenvalue weighted by atomic mass is 16.5. The predicted molar refractivity (Wildman–Crippen MR) is 95.1 cm³/mol. The molecule has 4 nitrogen and oxygen atoms in total. The normalized spacial score (nSPS) is 17.5. The largest absolute Gasteiger partial charge is 0.385 e. The van der Waals surface area contributed by atoms with Gasteiger partial charge in [-0.25, -0.2) is 0 Å². The molecule has 1 aliphatic heterocycles. The SMILES string of the molecule is COCC[C@@H]1CN(C(=O)c2cc(C)cc(C)c2)Cc2cccn2C1. The molecule has 1 amide bonds. The first-order chi connectivity index (χ1) is 11.6. The van der Waals surface area contributed by atoms with E-state index in [-0.39, 0.29) is 5.91 Å². The Labute approximate surface area is 144 Å². The van der Waals surface area contributed by atoms with Crippen LogP contribution in [0.1, 0.15) is 33.6 Å². The molecule has 24 heavy (non-hydrogen) atoms. The van der Waals surface area contributed by atoms with E-state index in [0.717, 1.165) is 42.8 Å². The van der Waals surface area contributed by atoms with Gasteiger partial charge in [0.05, 0.1) is 6.54 Å². The van der Waals surface area contributed by atoms with Crippen LogP contribution in [0.5, 0.6) is 0 Å². The van der Waals surface area contributed by atoms with E-state index in [1.807, 2.05) is 30.9 Å². The minimum absolute atomic E-state index is 0.124. The molecular weight excluding hydrogens is 300 g/mol. The molecule has 0 saturated heterocycles. The lowest BCUT2D eigenvalue weighted by atomic mass is 10.0. The average Bonchev–Trinajstić information content (AvgIpc) is 2.89. The monoisotopic (exact) mass is 326 g/mol.